The second-order valence-electron chi connectivity index (χ2n) is 6.99. The van der Waals surface area contributed by atoms with Gasteiger partial charge in [-0.3, -0.25) is 4.79 Å². The van der Waals surface area contributed by atoms with Crippen LogP contribution in [0, 0.1) is 5.82 Å². The molecule has 1 spiro atoms. The van der Waals surface area contributed by atoms with Gasteiger partial charge in [0, 0.05) is 25.1 Å². The number of carbonyl (C=O) groups is 1. The molecule has 2 aromatic carbocycles. The Morgan fingerprint density at radius 2 is 2.08 bits per heavy atom. The maximum Gasteiger partial charge on any atom is 0.256 e. The first-order chi connectivity index (χ1) is 12.5. The number of benzene rings is 2. The zero-order valence-corrected chi connectivity index (χ0v) is 14.6. The summed E-state index contributed by atoms with van der Waals surface area (Å²) in [5.74, 6) is -0.234. The molecule has 0 aliphatic carbocycles. The molecule has 3 aliphatic rings. The van der Waals surface area contributed by atoms with Crippen molar-refractivity contribution in [2.75, 3.05) is 11.9 Å². The quantitative estimate of drug-likeness (QED) is 0.747. The van der Waals surface area contributed by atoms with Crippen LogP contribution >= 0.6 is 11.6 Å². The van der Waals surface area contributed by atoms with Gasteiger partial charge in [0.15, 0.2) is 0 Å². The molecule has 26 heavy (non-hydrogen) atoms. The van der Waals surface area contributed by atoms with Crippen LogP contribution in [0.15, 0.2) is 41.4 Å². The summed E-state index contributed by atoms with van der Waals surface area (Å²) in [6, 6.07) is 10.2. The van der Waals surface area contributed by atoms with Crippen LogP contribution in [0.4, 0.5) is 10.1 Å². The summed E-state index contributed by atoms with van der Waals surface area (Å²) in [6.07, 6.45) is 1.15. The Kier molecular flexibility index (Phi) is 3.13. The number of nitrogens with two attached hydrogens (primary N) is 1. The Morgan fingerprint density at radius 3 is 2.92 bits per heavy atom. The fraction of sp³-hybridized carbons (Fsp3) is 0.263. The molecule has 5 nitrogen and oxygen atoms in total. The van der Waals surface area contributed by atoms with E-state index >= 15 is 0 Å². The molecule has 2 aromatic rings. The van der Waals surface area contributed by atoms with Crippen molar-refractivity contribution in [3.8, 4) is 0 Å². The SMILES string of the molecule is NC1=NC2(CCN3C(=O)c4c(Cl)cccc4C3C2)Nc2cccc(F)c21. The highest BCUT2D eigenvalue weighted by Crippen LogP contribution is 2.47. The van der Waals surface area contributed by atoms with Gasteiger partial charge in [0.05, 0.1) is 22.2 Å². The minimum atomic E-state index is -0.656. The van der Waals surface area contributed by atoms with Gasteiger partial charge in [-0.15, -0.1) is 0 Å². The van der Waals surface area contributed by atoms with Gasteiger partial charge in [0.2, 0.25) is 0 Å². The Hall–Kier alpha value is -2.60. The fourth-order valence-corrected chi connectivity index (χ4v) is 4.63. The monoisotopic (exact) mass is 370 g/mol. The van der Waals surface area contributed by atoms with Crippen LogP contribution in [0.2, 0.25) is 5.02 Å². The maximum absolute atomic E-state index is 14.1. The second-order valence-corrected chi connectivity index (χ2v) is 7.40. The minimum absolute atomic E-state index is 0.0374. The van der Waals surface area contributed by atoms with Gasteiger partial charge in [-0.05, 0) is 23.8 Å². The van der Waals surface area contributed by atoms with E-state index in [1.165, 1.54) is 6.07 Å². The van der Waals surface area contributed by atoms with Crippen LogP contribution in [-0.4, -0.2) is 28.9 Å². The van der Waals surface area contributed by atoms with E-state index < -0.39 is 11.5 Å². The number of nitrogens with one attached hydrogen (secondary N) is 1. The first-order valence-corrected chi connectivity index (χ1v) is 8.89. The van der Waals surface area contributed by atoms with Gasteiger partial charge >= 0.3 is 0 Å². The number of hydrogen-bond acceptors (Lipinski definition) is 4. The molecule has 132 valence electrons. The van der Waals surface area contributed by atoms with Crippen molar-refractivity contribution < 1.29 is 9.18 Å². The minimum Gasteiger partial charge on any atom is -0.383 e. The summed E-state index contributed by atoms with van der Waals surface area (Å²) >= 11 is 6.26. The first-order valence-electron chi connectivity index (χ1n) is 8.51. The summed E-state index contributed by atoms with van der Waals surface area (Å²) in [5.41, 5.74) is 7.90. The Labute approximate surface area is 154 Å². The lowest BCUT2D eigenvalue weighted by Crippen LogP contribution is -2.51. The van der Waals surface area contributed by atoms with E-state index in [9.17, 15) is 9.18 Å². The molecule has 0 aromatic heterocycles. The van der Waals surface area contributed by atoms with Crippen LogP contribution in [0.25, 0.3) is 0 Å². The molecule has 1 saturated heterocycles. The van der Waals surface area contributed by atoms with Gasteiger partial charge in [-0.25, -0.2) is 9.38 Å². The van der Waals surface area contributed by atoms with E-state index in [0.717, 1.165) is 5.56 Å². The third-order valence-corrected chi connectivity index (χ3v) is 5.84. The maximum atomic E-state index is 14.1. The molecule has 1 amide bonds. The van der Waals surface area contributed by atoms with E-state index in [0.29, 0.717) is 41.2 Å². The fourth-order valence-electron chi connectivity index (χ4n) is 4.37. The normalized spacial score (nSPS) is 26.1. The molecule has 3 N–H and O–H groups in total. The van der Waals surface area contributed by atoms with Crippen molar-refractivity contribution >= 4 is 29.0 Å². The summed E-state index contributed by atoms with van der Waals surface area (Å²) in [5, 5.41) is 3.85. The summed E-state index contributed by atoms with van der Waals surface area (Å²) in [4.78, 5) is 19.2. The van der Waals surface area contributed by atoms with Crippen LogP contribution < -0.4 is 11.1 Å². The molecule has 5 rings (SSSR count). The van der Waals surface area contributed by atoms with E-state index in [2.05, 4.69) is 10.3 Å². The Bertz CT molecular complexity index is 991. The topological polar surface area (TPSA) is 70.7 Å². The third kappa shape index (κ3) is 2.02. The number of fused-ring (bicyclic) bond motifs is 4. The summed E-state index contributed by atoms with van der Waals surface area (Å²) in [7, 11) is 0. The van der Waals surface area contributed by atoms with Crippen LogP contribution in [-0.2, 0) is 0 Å². The number of halogens is 2. The number of amides is 1. The molecule has 0 saturated carbocycles. The van der Waals surface area contributed by atoms with Crippen molar-refractivity contribution in [1.29, 1.82) is 0 Å². The van der Waals surface area contributed by atoms with Gasteiger partial charge in [0.25, 0.3) is 5.91 Å². The van der Waals surface area contributed by atoms with Crippen molar-refractivity contribution in [3.05, 3.63) is 63.9 Å². The Morgan fingerprint density at radius 1 is 1.27 bits per heavy atom. The molecule has 2 atom stereocenters. The predicted octanol–water partition coefficient (Wildman–Crippen LogP) is 3.30. The Balaban J connectivity index is 1.57. The molecule has 0 bridgehead atoms. The number of aliphatic imine (C=N–C) groups is 1. The number of amidine groups is 1. The van der Waals surface area contributed by atoms with Gasteiger partial charge < -0.3 is 16.0 Å². The number of carbonyl (C=O) groups excluding carboxylic acids is 1. The zero-order chi connectivity index (χ0) is 18.1. The van der Waals surface area contributed by atoms with Gasteiger partial charge in [-0.2, -0.15) is 0 Å². The molecular weight excluding hydrogens is 355 g/mol. The lowest BCUT2D eigenvalue weighted by atomic mass is 9.87. The third-order valence-electron chi connectivity index (χ3n) is 5.52. The number of anilines is 1. The average molecular weight is 371 g/mol. The lowest BCUT2D eigenvalue weighted by molar-refractivity contribution is 0.0606. The predicted molar refractivity (Wildman–Crippen MR) is 97.9 cm³/mol. The van der Waals surface area contributed by atoms with Gasteiger partial charge in [0.1, 0.15) is 17.3 Å². The smallest absolute Gasteiger partial charge is 0.256 e. The standard InChI is InChI=1S/C19H16ClFN4O/c20-11-4-1-3-10-14-9-19(7-8-25(14)18(26)15(10)11)23-13-6-2-5-12(21)16(13)17(22)24-19/h1-6,14,23H,7-9H2,(H2,22,24). The first kappa shape index (κ1) is 15.6. The van der Waals surface area contributed by atoms with Crippen molar-refractivity contribution in [1.82, 2.24) is 4.90 Å². The van der Waals surface area contributed by atoms with E-state index in [-0.39, 0.29) is 17.8 Å². The highest BCUT2D eigenvalue weighted by Gasteiger charge is 2.49. The summed E-state index contributed by atoms with van der Waals surface area (Å²) in [6.45, 7) is 0.531. The van der Waals surface area contributed by atoms with E-state index in [1.54, 1.807) is 18.2 Å². The largest absolute Gasteiger partial charge is 0.383 e. The number of piperidine rings is 1. The van der Waals surface area contributed by atoms with Crippen LogP contribution in [0.3, 0.4) is 0 Å². The van der Waals surface area contributed by atoms with Crippen LogP contribution in [0.1, 0.15) is 40.4 Å². The lowest BCUT2D eigenvalue weighted by Gasteiger charge is -2.44. The highest BCUT2D eigenvalue weighted by atomic mass is 35.5. The number of rotatable bonds is 0. The second kappa shape index (κ2) is 5.20. The number of hydrogen-bond donors (Lipinski definition) is 2. The average Bonchev–Trinajstić information content (AvgIpc) is 2.87. The highest BCUT2D eigenvalue weighted by molar-refractivity contribution is 6.34. The molecule has 3 aliphatic heterocycles. The zero-order valence-electron chi connectivity index (χ0n) is 13.8. The molecular formula is C19H16ClFN4O. The molecule has 0 radical (unpaired) electrons. The van der Waals surface area contributed by atoms with Gasteiger partial charge in [-0.1, -0.05) is 29.8 Å². The molecule has 1 fully saturated rings. The molecule has 2 unspecified atom stereocenters. The number of nitrogens with zero attached hydrogens (tertiary/aromatic N) is 2. The van der Waals surface area contributed by atoms with Crippen molar-refractivity contribution in [2.45, 2.75) is 24.5 Å². The van der Waals surface area contributed by atoms with Crippen molar-refractivity contribution in [3.63, 3.8) is 0 Å². The molecule has 3 heterocycles. The molecule has 7 heteroatoms. The van der Waals surface area contributed by atoms with Crippen molar-refractivity contribution in [2.24, 2.45) is 10.7 Å². The van der Waals surface area contributed by atoms with E-state index in [4.69, 9.17) is 17.3 Å². The van der Waals surface area contributed by atoms with Crippen LogP contribution in [0.5, 0.6) is 0 Å². The summed E-state index contributed by atoms with van der Waals surface area (Å²) < 4.78 is 14.1. The van der Waals surface area contributed by atoms with E-state index in [1.807, 2.05) is 17.0 Å².